The number of hydrogen-bond donors (Lipinski definition) is 0. The van der Waals surface area contributed by atoms with Gasteiger partial charge in [0.15, 0.2) is 0 Å². The van der Waals surface area contributed by atoms with Gasteiger partial charge in [-0.05, 0) is 42.2 Å². The molecule has 0 unspecified atom stereocenters. The number of ether oxygens (including phenoxy) is 3. The topological polar surface area (TPSA) is 118 Å². The summed E-state index contributed by atoms with van der Waals surface area (Å²) in [4.78, 5) is 47.1. The fourth-order valence-corrected chi connectivity index (χ4v) is 4.20. The van der Waals surface area contributed by atoms with E-state index in [0.717, 1.165) is 33.8 Å². The first-order valence-corrected chi connectivity index (χ1v) is 17.1. The Balaban J connectivity index is 0.000000220. The van der Waals surface area contributed by atoms with Crippen molar-refractivity contribution in [3.05, 3.63) is 158 Å². The van der Waals surface area contributed by atoms with Gasteiger partial charge < -0.3 is 29.2 Å². The summed E-state index contributed by atoms with van der Waals surface area (Å²) in [5.74, 6) is 0.290. The van der Waals surface area contributed by atoms with Crippen molar-refractivity contribution in [3.8, 4) is 51.0 Å². The minimum atomic E-state index is -0.437. The fourth-order valence-electron chi connectivity index (χ4n) is 4.20. The maximum absolute atomic E-state index is 11.5. The molecule has 3 heterocycles. The molecule has 3 aromatic heterocycles. The van der Waals surface area contributed by atoms with Crippen LogP contribution in [0.5, 0.6) is 17.2 Å². The van der Waals surface area contributed by atoms with Crippen molar-refractivity contribution in [3.63, 3.8) is 0 Å². The molecule has 280 valence electrons. The smallest absolute Gasteiger partial charge is 0.447 e. The molecule has 0 aliphatic rings. The number of hydrogen-bond acceptors (Lipinski definition) is 9. The van der Waals surface area contributed by atoms with Crippen LogP contribution in [0.25, 0.3) is 33.8 Å². The standard InChI is InChI=1S/2C15H14NO2.C15H12NO2.Ir/c3*1-11(2)15(17)18-13-7-5-6-12(10-13)14-8-3-4-9-16-14;/h2*3-5,7-11H,1-2H3;3-5,7-10H,1H2,2H3;/q3*-1;+3. The molecule has 0 amide bonds. The van der Waals surface area contributed by atoms with E-state index >= 15 is 0 Å². The van der Waals surface area contributed by atoms with Gasteiger partial charge in [0.05, 0.1) is 29.1 Å². The predicted molar refractivity (Wildman–Crippen MR) is 207 cm³/mol. The molecule has 0 saturated heterocycles. The first kappa shape index (κ1) is 43.3. The molecule has 0 aliphatic carbocycles. The summed E-state index contributed by atoms with van der Waals surface area (Å²) >= 11 is 0. The molecule has 9 nitrogen and oxygen atoms in total. The molecule has 6 aromatic rings. The van der Waals surface area contributed by atoms with Crippen LogP contribution in [-0.4, -0.2) is 32.9 Å². The van der Waals surface area contributed by atoms with E-state index in [9.17, 15) is 14.4 Å². The maximum atomic E-state index is 11.5. The van der Waals surface area contributed by atoms with Gasteiger partial charge in [-0.2, -0.15) is 0 Å². The van der Waals surface area contributed by atoms with Gasteiger partial charge in [0.25, 0.3) is 0 Å². The van der Waals surface area contributed by atoms with Gasteiger partial charge in [-0.25, -0.2) is 4.79 Å². The zero-order valence-electron chi connectivity index (χ0n) is 31.1. The van der Waals surface area contributed by atoms with E-state index < -0.39 is 5.97 Å². The van der Waals surface area contributed by atoms with Gasteiger partial charge in [0, 0.05) is 24.2 Å². The van der Waals surface area contributed by atoms with Crippen molar-refractivity contribution in [2.45, 2.75) is 34.6 Å². The number of benzene rings is 3. The van der Waals surface area contributed by atoms with E-state index in [-0.39, 0.29) is 43.9 Å². The predicted octanol–water partition coefficient (Wildman–Crippen LogP) is 9.25. The number of carbonyl (C=O) groups excluding carboxylic acids is 3. The third kappa shape index (κ3) is 14.3. The Morgan fingerprint density at radius 2 is 0.873 bits per heavy atom. The van der Waals surface area contributed by atoms with Crippen LogP contribution in [0, 0.1) is 30.0 Å². The second-order valence-corrected chi connectivity index (χ2v) is 12.3. The average Bonchev–Trinajstić information content (AvgIpc) is 3.19. The van der Waals surface area contributed by atoms with E-state index in [1.807, 2.05) is 54.6 Å². The first-order chi connectivity index (χ1) is 26.0. The Kier molecular flexibility index (Phi) is 17.5. The molecule has 6 rings (SSSR count). The van der Waals surface area contributed by atoms with Gasteiger partial charge >= 0.3 is 38.0 Å². The molecule has 0 saturated carbocycles. The van der Waals surface area contributed by atoms with Crippen molar-refractivity contribution < 1.29 is 48.7 Å². The Morgan fingerprint density at radius 3 is 1.15 bits per heavy atom. The molecule has 55 heavy (non-hydrogen) atoms. The van der Waals surface area contributed by atoms with E-state index in [2.05, 4.69) is 39.7 Å². The second kappa shape index (κ2) is 22.2. The number of carbonyl (C=O) groups is 3. The van der Waals surface area contributed by atoms with Crippen LogP contribution in [0.1, 0.15) is 34.6 Å². The Hall–Kier alpha value is -6.09. The maximum Gasteiger partial charge on any atom is 3.00 e. The van der Waals surface area contributed by atoms with Crippen LogP contribution in [0.3, 0.4) is 0 Å². The zero-order chi connectivity index (χ0) is 38.9. The fraction of sp³-hybridized carbons (Fsp3) is 0.156. The number of nitrogens with zero attached hydrogens (tertiary/aromatic N) is 3. The minimum Gasteiger partial charge on any atom is -0.447 e. The SMILES string of the molecule is C=C(C)C(=O)Oc1cc[c-]c(-c2ccccn2)c1.CC(C)C(=O)Oc1cc[c-]c(-c2ccccn2)c1.CC(C)C(=O)Oc1cc[c-]c(-c2ccccn2)c1.[Ir+3]. The van der Waals surface area contributed by atoms with Crippen LogP contribution in [0.2, 0.25) is 0 Å². The quantitative estimate of drug-likeness (QED) is 0.0606. The molecule has 0 N–H and O–H groups in total. The zero-order valence-corrected chi connectivity index (χ0v) is 33.5. The Labute approximate surface area is 335 Å². The van der Waals surface area contributed by atoms with Crippen molar-refractivity contribution in [1.82, 2.24) is 15.0 Å². The molecule has 0 bridgehead atoms. The van der Waals surface area contributed by atoms with Gasteiger partial charge in [0.2, 0.25) is 0 Å². The summed E-state index contributed by atoms with van der Waals surface area (Å²) < 4.78 is 15.7. The van der Waals surface area contributed by atoms with Crippen molar-refractivity contribution in [2.24, 2.45) is 11.8 Å². The third-order valence-electron chi connectivity index (χ3n) is 7.08. The molecule has 3 aromatic carbocycles. The molecule has 0 atom stereocenters. The van der Waals surface area contributed by atoms with Crippen molar-refractivity contribution in [1.29, 1.82) is 0 Å². The number of esters is 3. The van der Waals surface area contributed by atoms with E-state index in [1.165, 1.54) is 0 Å². The summed E-state index contributed by atoms with van der Waals surface area (Å²) in [6.07, 6.45) is 5.14. The summed E-state index contributed by atoms with van der Waals surface area (Å²) in [6.45, 7) is 12.4. The van der Waals surface area contributed by atoms with Gasteiger partial charge in [0.1, 0.15) is 0 Å². The van der Waals surface area contributed by atoms with E-state index in [0.29, 0.717) is 22.8 Å². The molecule has 0 spiro atoms. The summed E-state index contributed by atoms with van der Waals surface area (Å²) in [7, 11) is 0. The average molecular weight is 911 g/mol. The summed E-state index contributed by atoms with van der Waals surface area (Å²) in [6, 6.07) is 41.6. The molecule has 0 aliphatic heterocycles. The van der Waals surface area contributed by atoms with Crippen LogP contribution in [0.15, 0.2) is 140 Å². The monoisotopic (exact) mass is 911 g/mol. The second-order valence-electron chi connectivity index (χ2n) is 12.3. The van der Waals surface area contributed by atoms with Crippen molar-refractivity contribution >= 4 is 17.9 Å². The molecular weight excluding hydrogens is 871 g/mol. The molecule has 0 fully saturated rings. The number of rotatable bonds is 9. The summed E-state index contributed by atoms with van der Waals surface area (Å²) in [5.41, 5.74) is 5.16. The van der Waals surface area contributed by atoms with Gasteiger partial charge in [-0.3, -0.25) is 9.59 Å². The third-order valence-corrected chi connectivity index (χ3v) is 7.08. The Bertz CT molecular complexity index is 2040. The molecule has 0 radical (unpaired) electrons. The van der Waals surface area contributed by atoms with Gasteiger partial charge in [-0.1, -0.05) is 70.7 Å². The first-order valence-electron chi connectivity index (χ1n) is 17.1. The van der Waals surface area contributed by atoms with Crippen molar-refractivity contribution in [2.75, 3.05) is 0 Å². The molecular formula is C45H40IrN3O6. The number of aromatic nitrogens is 3. The minimum absolute atomic E-state index is 0. The normalized spacial score (nSPS) is 10.0. The van der Waals surface area contributed by atoms with Crippen LogP contribution in [0.4, 0.5) is 0 Å². The largest absolute Gasteiger partial charge is 3.00 e. The Morgan fingerprint density at radius 1 is 0.545 bits per heavy atom. The van der Waals surface area contributed by atoms with E-state index in [1.54, 1.807) is 108 Å². The van der Waals surface area contributed by atoms with Crippen LogP contribution < -0.4 is 14.2 Å². The number of pyridine rings is 3. The molecule has 10 heteroatoms. The summed E-state index contributed by atoms with van der Waals surface area (Å²) in [5, 5.41) is 0. The van der Waals surface area contributed by atoms with Crippen LogP contribution >= 0.6 is 0 Å². The van der Waals surface area contributed by atoms with E-state index in [4.69, 9.17) is 14.2 Å². The van der Waals surface area contributed by atoms with Gasteiger partial charge in [-0.15, -0.1) is 89.5 Å². The van der Waals surface area contributed by atoms with Crippen LogP contribution in [-0.2, 0) is 34.5 Å².